The van der Waals surface area contributed by atoms with Crippen LogP contribution >= 0.6 is 0 Å². The molecule has 0 unspecified atom stereocenters. The number of nitrogens with two attached hydrogens (primary N) is 1. The molecular weight excluding hydrogens is 273 g/mol. The second-order valence-corrected chi connectivity index (χ2v) is 4.48. The van der Waals surface area contributed by atoms with Crippen molar-refractivity contribution in [2.45, 2.75) is 0 Å². The molecule has 0 saturated heterocycles. The number of nitrogen functional groups attached to an aromatic ring is 1. The number of hydrogen-bond donors (Lipinski definition) is 1. The molecule has 3 aromatic rings. The SMILES string of the molecule is COc1ccc(F)c(-n2c(N)nc3ccc(OC)cc32)c1. The molecule has 0 aliphatic rings. The average molecular weight is 287 g/mol. The quantitative estimate of drug-likeness (QED) is 0.804. The highest BCUT2D eigenvalue weighted by Gasteiger charge is 2.15. The molecule has 1 heterocycles. The van der Waals surface area contributed by atoms with Crippen LogP contribution in [0.2, 0.25) is 0 Å². The lowest BCUT2D eigenvalue weighted by Gasteiger charge is -2.10. The minimum atomic E-state index is -0.412. The molecule has 0 bridgehead atoms. The third-order valence-corrected chi connectivity index (χ3v) is 3.28. The van der Waals surface area contributed by atoms with Crippen LogP contribution in [0, 0.1) is 5.82 Å². The molecule has 0 radical (unpaired) electrons. The molecule has 0 atom stereocenters. The fourth-order valence-electron chi connectivity index (χ4n) is 2.24. The average Bonchev–Trinajstić information content (AvgIpc) is 2.82. The molecule has 0 spiro atoms. The molecule has 0 saturated carbocycles. The van der Waals surface area contributed by atoms with Crippen molar-refractivity contribution in [3.63, 3.8) is 0 Å². The number of fused-ring (bicyclic) bond motifs is 1. The van der Waals surface area contributed by atoms with Crippen LogP contribution in [0.3, 0.4) is 0 Å². The maximum atomic E-state index is 14.2. The van der Waals surface area contributed by atoms with Crippen LogP contribution < -0.4 is 15.2 Å². The van der Waals surface area contributed by atoms with Crippen molar-refractivity contribution >= 4 is 17.0 Å². The number of benzene rings is 2. The second-order valence-electron chi connectivity index (χ2n) is 4.48. The third-order valence-electron chi connectivity index (χ3n) is 3.28. The topological polar surface area (TPSA) is 62.3 Å². The van der Waals surface area contributed by atoms with Crippen molar-refractivity contribution in [2.75, 3.05) is 20.0 Å². The minimum Gasteiger partial charge on any atom is -0.497 e. The van der Waals surface area contributed by atoms with Gasteiger partial charge in [0, 0.05) is 12.1 Å². The third kappa shape index (κ3) is 2.14. The fourth-order valence-corrected chi connectivity index (χ4v) is 2.24. The van der Waals surface area contributed by atoms with Crippen LogP contribution in [0.25, 0.3) is 16.7 Å². The molecule has 108 valence electrons. The number of imidazole rings is 1. The van der Waals surface area contributed by atoms with Gasteiger partial charge < -0.3 is 15.2 Å². The molecule has 0 fully saturated rings. The first-order valence-electron chi connectivity index (χ1n) is 6.30. The Morgan fingerprint density at radius 1 is 1.05 bits per heavy atom. The predicted octanol–water partition coefficient (Wildman–Crippen LogP) is 2.76. The van der Waals surface area contributed by atoms with Gasteiger partial charge in [0.05, 0.1) is 30.9 Å². The maximum Gasteiger partial charge on any atom is 0.206 e. The Morgan fingerprint density at radius 3 is 2.43 bits per heavy atom. The van der Waals surface area contributed by atoms with E-state index in [9.17, 15) is 4.39 Å². The number of aromatic nitrogens is 2. The van der Waals surface area contributed by atoms with Crippen molar-refractivity contribution in [3.05, 3.63) is 42.2 Å². The maximum absolute atomic E-state index is 14.2. The van der Waals surface area contributed by atoms with Crippen LogP contribution in [-0.2, 0) is 0 Å². The number of ether oxygens (including phenoxy) is 2. The molecule has 0 aliphatic carbocycles. The minimum absolute atomic E-state index is 0.199. The summed E-state index contributed by atoms with van der Waals surface area (Å²) in [7, 11) is 3.09. The number of hydrogen-bond acceptors (Lipinski definition) is 4. The first kappa shape index (κ1) is 13.2. The van der Waals surface area contributed by atoms with E-state index < -0.39 is 5.82 Å². The van der Waals surface area contributed by atoms with Gasteiger partial charge >= 0.3 is 0 Å². The summed E-state index contributed by atoms with van der Waals surface area (Å²) in [6, 6.07) is 9.78. The molecule has 3 rings (SSSR count). The van der Waals surface area contributed by atoms with E-state index >= 15 is 0 Å². The molecule has 1 aromatic heterocycles. The normalized spacial score (nSPS) is 10.8. The van der Waals surface area contributed by atoms with E-state index in [4.69, 9.17) is 15.2 Å². The summed E-state index contributed by atoms with van der Waals surface area (Å²) in [6.07, 6.45) is 0. The standard InChI is InChI=1S/C15H14FN3O2/c1-20-9-3-5-11(16)13(7-9)19-14-8-10(21-2)4-6-12(14)18-15(19)17/h3-8H,1-2H3,(H2,17,18). The number of nitrogens with zero attached hydrogens (tertiary/aromatic N) is 2. The van der Waals surface area contributed by atoms with Crippen molar-refractivity contribution in [2.24, 2.45) is 0 Å². The van der Waals surface area contributed by atoms with Gasteiger partial charge in [-0.2, -0.15) is 0 Å². The summed E-state index contributed by atoms with van der Waals surface area (Å²) in [5.74, 6) is 0.970. The van der Waals surface area contributed by atoms with Crippen LogP contribution in [0.5, 0.6) is 11.5 Å². The van der Waals surface area contributed by atoms with E-state index in [1.165, 1.54) is 17.7 Å². The van der Waals surface area contributed by atoms with Gasteiger partial charge in [0.15, 0.2) is 0 Å². The summed E-state index contributed by atoms with van der Waals surface area (Å²) >= 11 is 0. The molecule has 0 aliphatic heterocycles. The number of halogens is 1. The summed E-state index contributed by atoms with van der Waals surface area (Å²) < 4.78 is 26.0. The van der Waals surface area contributed by atoms with Crippen LogP contribution in [0.15, 0.2) is 36.4 Å². The number of anilines is 1. The largest absolute Gasteiger partial charge is 0.497 e. The summed E-state index contributed by atoms with van der Waals surface area (Å²) in [5.41, 5.74) is 7.55. The Balaban J connectivity index is 2.31. The first-order valence-corrected chi connectivity index (χ1v) is 6.30. The van der Waals surface area contributed by atoms with E-state index in [0.29, 0.717) is 22.5 Å². The predicted molar refractivity (Wildman–Crippen MR) is 78.5 cm³/mol. The summed E-state index contributed by atoms with van der Waals surface area (Å²) in [5, 5.41) is 0. The van der Waals surface area contributed by atoms with Crippen molar-refractivity contribution in [1.29, 1.82) is 0 Å². The van der Waals surface area contributed by atoms with E-state index in [0.717, 1.165) is 0 Å². The van der Waals surface area contributed by atoms with Crippen molar-refractivity contribution in [3.8, 4) is 17.2 Å². The van der Waals surface area contributed by atoms with E-state index in [1.807, 2.05) is 0 Å². The smallest absolute Gasteiger partial charge is 0.206 e. The highest BCUT2D eigenvalue weighted by Crippen LogP contribution is 2.29. The zero-order valence-corrected chi connectivity index (χ0v) is 11.6. The molecule has 21 heavy (non-hydrogen) atoms. The van der Waals surface area contributed by atoms with E-state index in [2.05, 4.69) is 4.98 Å². The van der Waals surface area contributed by atoms with Crippen LogP contribution in [-0.4, -0.2) is 23.8 Å². The first-order chi connectivity index (χ1) is 10.1. The van der Waals surface area contributed by atoms with Gasteiger partial charge in [-0.25, -0.2) is 9.37 Å². The molecular formula is C15H14FN3O2. The monoisotopic (exact) mass is 287 g/mol. The number of methoxy groups -OCH3 is 2. The highest BCUT2D eigenvalue weighted by atomic mass is 19.1. The summed E-state index contributed by atoms with van der Waals surface area (Å²) in [4.78, 5) is 4.24. The van der Waals surface area contributed by atoms with Crippen LogP contribution in [0.1, 0.15) is 0 Å². The Bertz CT molecular complexity index is 814. The molecule has 6 heteroatoms. The summed E-state index contributed by atoms with van der Waals surface area (Å²) in [6.45, 7) is 0. The van der Waals surface area contributed by atoms with Gasteiger partial charge in [-0.05, 0) is 24.3 Å². The van der Waals surface area contributed by atoms with Crippen LogP contribution in [0.4, 0.5) is 10.3 Å². The van der Waals surface area contributed by atoms with Gasteiger partial charge in [-0.1, -0.05) is 0 Å². The molecule has 5 nitrogen and oxygen atoms in total. The lowest BCUT2D eigenvalue weighted by atomic mass is 10.2. The Morgan fingerprint density at radius 2 is 1.71 bits per heavy atom. The van der Waals surface area contributed by atoms with Gasteiger partial charge in [0.1, 0.15) is 17.3 Å². The zero-order valence-electron chi connectivity index (χ0n) is 11.6. The van der Waals surface area contributed by atoms with E-state index in [-0.39, 0.29) is 11.6 Å². The number of rotatable bonds is 3. The molecule has 0 amide bonds. The van der Waals surface area contributed by atoms with Gasteiger partial charge in [-0.15, -0.1) is 0 Å². The van der Waals surface area contributed by atoms with Crippen molar-refractivity contribution in [1.82, 2.24) is 9.55 Å². The molecule has 2 aromatic carbocycles. The van der Waals surface area contributed by atoms with E-state index in [1.54, 1.807) is 37.4 Å². The zero-order chi connectivity index (χ0) is 15.0. The Labute approximate surface area is 120 Å². The highest BCUT2D eigenvalue weighted by molar-refractivity contribution is 5.82. The van der Waals surface area contributed by atoms with Gasteiger partial charge in [0.25, 0.3) is 0 Å². The second kappa shape index (κ2) is 4.97. The van der Waals surface area contributed by atoms with Gasteiger partial charge in [0.2, 0.25) is 5.95 Å². The van der Waals surface area contributed by atoms with Gasteiger partial charge in [-0.3, -0.25) is 4.57 Å². The lowest BCUT2D eigenvalue weighted by Crippen LogP contribution is -2.03. The fraction of sp³-hybridized carbons (Fsp3) is 0.133. The van der Waals surface area contributed by atoms with Crippen molar-refractivity contribution < 1.29 is 13.9 Å². The Kier molecular flexibility index (Phi) is 3.13. The molecule has 2 N–H and O–H groups in total. The Hall–Kier alpha value is -2.76. The lowest BCUT2D eigenvalue weighted by molar-refractivity contribution is 0.413.